The maximum atomic E-state index is 5.45. The minimum Gasteiger partial charge on any atom is -0.382 e. The number of hydrogen-bond donors (Lipinski definition) is 1. The van der Waals surface area contributed by atoms with Crippen LogP contribution in [0.25, 0.3) is 11.2 Å². The first-order chi connectivity index (χ1) is 9.65. The third-order valence-corrected chi connectivity index (χ3v) is 3.60. The molecule has 112 valence electrons. The van der Waals surface area contributed by atoms with E-state index >= 15 is 0 Å². The van der Waals surface area contributed by atoms with Gasteiger partial charge in [0.2, 0.25) is 0 Å². The number of aromatic nitrogens is 4. The summed E-state index contributed by atoms with van der Waals surface area (Å²) in [6, 6.07) is 0. The molecule has 0 bridgehead atoms. The minimum absolute atomic E-state index is 0.651. The predicted molar refractivity (Wildman–Crippen MR) is 80.6 cm³/mol. The Balaban J connectivity index is 1.90. The fourth-order valence-corrected chi connectivity index (χ4v) is 2.58. The molecule has 6 nitrogen and oxygen atoms in total. The lowest BCUT2D eigenvalue weighted by molar-refractivity contribution is 0.0684. The van der Waals surface area contributed by atoms with E-state index in [1.54, 1.807) is 7.11 Å². The molecule has 0 aromatic carbocycles. The summed E-state index contributed by atoms with van der Waals surface area (Å²) in [7, 11) is 3.63. The van der Waals surface area contributed by atoms with Crippen LogP contribution in [0, 0.1) is 11.7 Å². The van der Waals surface area contributed by atoms with Crippen LogP contribution in [0.1, 0.15) is 18.5 Å². The second-order valence-electron chi connectivity index (χ2n) is 4.80. The van der Waals surface area contributed by atoms with E-state index in [-0.39, 0.29) is 0 Å². The van der Waals surface area contributed by atoms with Gasteiger partial charge < -0.3 is 19.0 Å². The first-order valence-electron chi connectivity index (χ1n) is 6.84. The number of methoxy groups -OCH3 is 1. The highest BCUT2D eigenvalue weighted by Gasteiger charge is 2.11. The molecule has 0 radical (unpaired) electrons. The number of rotatable bonds is 8. The Kier molecular flexibility index (Phi) is 5.33. The van der Waals surface area contributed by atoms with E-state index < -0.39 is 0 Å². The van der Waals surface area contributed by atoms with E-state index in [9.17, 15) is 0 Å². The summed E-state index contributed by atoms with van der Waals surface area (Å²) in [6.45, 7) is 4.94. The van der Waals surface area contributed by atoms with E-state index in [1.807, 2.05) is 18.7 Å². The average molecular weight is 298 g/mol. The van der Waals surface area contributed by atoms with Crippen LogP contribution in [-0.2, 0) is 23.1 Å². The standard InChI is InChI=1S/C13H22N4O2S/c1-10-11-12(16(2)15-10)17(13(20)14-11)6-4-5-7-19-9-8-18-3/h4-9H2,1-3H3,(H,14,20). The summed E-state index contributed by atoms with van der Waals surface area (Å²) in [5.74, 6) is 0. The van der Waals surface area contributed by atoms with E-state index in [4.69, 9.17) is 21.7 Å². The highest BCUT2D eigenvalue weighted by molar-refractivity contribution is 7.71. The van der Waals surface area contributed by atoms with Crippen LogP contribution in [0.5, 0.6) is 0 Å². The second kappa shape index (κ2) is 7.01. The highest BCUT2D eigenvalue weighted by Crippen LogP contribution is 2.17. The molecule has 0 fully saturated rings. The van der Waals surface area contributed by atoms with E-state index in [0.717, 1.165) is 47.6 Å². The highest BCUT2D eigenvalue weighted by atomic mass is 32.1. The van der Waals surface area contributed by atoms with E-state index in [2.05, 4.69) is 14.6 Å². The predicted octanol–water partition coefficient (Wildman–Crippen LogP) is 2.18. The monoisotopic (exact) mass is 298 g/mol. The van der Waals surface area contributed by atoms with Gasteiger partial charge in [-0.05, 0) is 32.0 Å². The Hall–Kier alpha value is -1.18. The van der Waals surface area contributed by atoms with Gasteiger partial charge in [-0.25, -0.2) is 0 Å². The molecular weight excluding hydrogens is 276 g/mol. The van der Waals surface area contributed by atoms with Gasteiger partial charge in [-0.3, -0.25) is 4.68 Å². The van der Waals surface area contributed by atoms with Crippen molar-refractivity contribution in [3.63, 3.8) is 0 Å². The zero-order valence-corrected chi connectivity index (χ0v) is 13.1. The molecule has 7 heteroatoms. The van der Waals surface area contributed by atoms with Crippen LogP contribution in [0.15, 0.2) is 0 Å². The molecule has 20 heavy (non-hydrogen) atoms. The number of unbranched alkanes of at least 4 members (excludes halogenated alkanes) is 1. The van der Waals surface area contributed by atoms with Gasteiger partial charge in [-0.15, -0.1) is 0 Å². The van der Waals surface area contributed by atoms with Crippen molar-refractivity contribution in [1.29, 1.82) is 0 Å². The number of aryl methyl sites for hydroxylation is 3. The quantitative estimate of drug-likeness (QED) is 0.599. The Morgan fingerprint density at radius 3 is 2.80 bits per heavy atom. The number of H-pyrrole nitrogens is 1. The topological polar surface area (TPSA) is 57.0 Å². The van der Waals surface area contributed by atoms with Crippen molar-refractivity contribution in [3.05, 3.63) is 10.5 Å². The van der Waals surface area contributed by atoms with Crippen molar-refractivity contribution in [2.24, 2.45) is 7.05 Å². The SMILES string of the molecule is COCCOCCCCn1c(=S)[nH]c2c(C)nn(C)c21. The van der Waals surface area contributed by atoms with Crippen LogP contribution in [0.2, 0.25) is 0 Å². The second-order valence-corrected chi connectivity index (χ2v) is 5.19. The largest absolute Gasteiger partial charge is 0.382 e. The molecule has 0 saturated heterocycles. The van der Waals surface area contributed by atoms with Crippen molar-refractivity contribution >= 4 is 23.4 Å². The number of aromatic amines is 1. The van der Waals surface area contributed by atoms with Gasteiger partial charge in [-0.2, -0.15) is 5.10 Å². The molecule has 2 heterocycles. The first kappa shape index (κ1) is 15.2. The lowest BCUT2D eigenvalue weighted by atomic mass is 10.3. The number of nitrogens with one attached hydrogen (secondary N) is 1. The van der Waals surface area contributed by atoms with Crippen molar-refractivity contribution < 1.29 is 9.47 Å². The molecule has 2 aromatic rings. The van der Waals surface area contributed by atoms with Crippen LogP contribution >= 0.6 is 12.2 Å². The van der Waals surface area contributed by atoms with Gasteiger partial charge in [0.25, 0.3) is 0 Å². The zero-order chi connectivity index (χ0) is 14.5. The summed E-state index contributed by atoms with van der Waals surface area (Å²) in [4.78, 5) is 3.23. The molecular formula is C13H22N4O2S. The van der Waals surface area contributed by atoms with Crippen LogP contribution in [-0.4, -0.2) is 46.3 Å². The minimum atomic E-state index is 0.651. The van der Waals surface area contributed by atoms with E-state index in [1.165, 1.54) is 0 Å². The molecule has 0 amide bonds. The number of nitrogens with zero attached hydrogens (tertiary/aromatic N) is 3. The molecule has 0 saturated carbocycles. The fourth-order valence-electron chi connectivity index (χ4n) is 2.30. The van der Waals surface area contributed by atoms with Gasteiger partial charge in [0.15, 0.2) is 10.4 Å². The van der Waals surface area contributed by atoms with Crippen LogP contribution in [0.3, 0.4) is 0 Å². The zero-order valence-electron chi connectivity index (χ0n) is 12.3. The Bertz CT molecular complexity index is 614. The maximum Gasteiger partial charge on any atom is 0.179 e. The molecule has 0 unspecified atom stereocenters. The molecule has 2 rings (SSSR count). The van der Waals surface area contributed by atoms with Gasteiger partial charge in [0.05, 0.1) is 18.9 Å². The summed E-state index contributed by atoms with van der Waals surface area (Å²) < 4.78 is 15.1. The Labute approximate surface area is 123 Å². The van der Waals surface area contributed by atoms with Gasteiger partial charge >= 0.3 is 0 Å². The third-order valence-electron chi connectivity index (χ3n) is 3.28. The summed E-state index contributed by atoms with van der Waals surface area (Å²) >= 11 is 5.38. The number of fused-ring (bicyclic) bond motifs is 1. The van der Waals surface area contributed by atoms with Crippen molar-refractivity contribution in [2.45, 2.75) is 26.3 Å². The number of imidazole rings is 1. The normalized spacial score (nSPS) is 11.6. The van der Waals surface area contributed by atoms with Crippen LogP contribution < -0.4 is 0 Å². The molecule has 0 aliphatic heterocycles. The Morgan fingerprint density at radius 1 is 1.25 bits per heavy atom. The smallest absolute Gasteiger partial charge is 0.179 e. The van der Waals surface area contributed by atoms with Crippen molar-refractivity contribution in [3.8, 4) is 0 Å². The lowest BCUT2D eigenvalue weighted by Crippen LogP contribution is -2.06. The van der Waals surface area contributed by atoms with Gasteiger partial charge in [0.1, 0.15) is 5.52 Å². The van der Waals surface area contributed by atoms with E-state index in [0.29, 0.717) is 13.2 Å². The number of ether oxygens (including phenoxy) is 2. The Morgan fingerprint density at radius 2 is 2.05 bits per heavy atom. The summed E-state index contributed by atoms with van der Waals surface area (Å²) in [6.07, 6.45) is 2.04. The number of hydrogen-bond acceptors (Lipinski definition) is 4. The average Bonchev–Trinajstić information content (AvgIpc) is 2.87. The maximum absolute atomic E-state index is 5.45. The summed E-state index contributed by atoms with van der Waals surface area (Å²) in [5, 5.41) is 4.41. The van der Waals surface area contributed by atoms with Crippen molar-refractivity contribution in [1.82, 2.24) is 19.3 Å². The summed E-state index contributed by atoms with van der Waals surface area (Å²) in [5.41, 5.74) is 3.08. The van der Waals surface area contributed by atoms with Gasteiger partial charge in [-0.1, -0.05) is 0 Å². The molecule has 0 aliphatic carbocycles. The van der Waals surface area contributed by atoms with Gasteiger partial charge in [0, 0.05) is 27.3 Å². The molecule has 0 aliphatic rings. The van der Waals surface area contributed by atoms with Crippen molar-refractivity contribution in [2.75, 3.05) is 26.9 Å². The fraction of sp³-hybridized carbons (Fsp3) is 0.692. The lowest BCUT2D eigenvalue weighted by Gasteiger charge is -2.06. The first-order valence-corrected chi connectivity index (χ1v) is 7.24. The third kappa shape index (κ3) is 3.28. The van der Waals surface area contributed by atoms with Crippen LogP contribution in [0.4, 0.5) is 0 Å². The molecule has 1 N–H and O–H groups in total. The molecule has 0 spiro atoms. The molecule has 2 aromatic heterocycles. The molecule has 0 atom stereocenters.